The number of rotatable bonds is 10. The third-order valence-corrected chi connectivity index (χ3v) is 10.5. The average molecular weight is 807 g/mol. The van der Waals surface area contributed by atoms with Crippen LogP contribution in [0.1, 0.15) is 77.5 Å². The number of nitrogens with one attached hydrogen (secondary N) is 1. The summed E-state index contributed by atoms with van der Waals surface area (Å²) in [4.78, 5) is 39.7. The van der Waals surface area contributed by atoms with Crippen LogP contribution in [0.5, 0.6) is 0 Å². The first kappa shape index (κ1) is 39.7. The van der Waals surface area contributed by atoms with Crippen molar-refractivity contribution >= 4 is 34.9 Å². The van der Waals surface area contributed by atoms with Crippen LogP contribution < -0.4 is 5.32 Å². The van der Waals surface area contributed by atoms with Gasteiger partial charge in [0.25, 0.3) is 5.89 Å². The summed E-state index contributed by atoms with van der Waals surface area (Å²) in [6, 6.07) is 15.4. The van der Waals surface area contributed by atoms with Crippen LogP contribution in [0.15, 0.2) is 77.7 Å². The largest absolute Gasteiger partial charge is 0.471 e. The molecule has 2 aliphatic rings. The van der Waals surface area contributed by atoms with Crippen molar-refractivity contribution in [3.8, 4) is 11.5 Å². The Morgan fingerprint density at radius 1 is 0.709 bits per heavy atom. The first-order valence-corrected chi connectivity index (χ1v) is 17.8. The highest BCUT2D eigenvalue weighted by molar-refractivity contribution is 6.31. The van der Waals surface area contributed by atoms with Gasteiger partial charge in [0.15, 0.2) is 5.78 Å². The van der Waals surface area contributed by atoms with Crippen molar-refractivity contribution < 1.29 is 40.3 Å². The number of carbonyl (C=O) groups is 2. The van der Waals surface area contributed by atoms with E-state index in [0.717, 1.165) is 54.7 Å². The summed E-state index contributed by atoms with van der Waals surface area (Å²) < 4.78 is 78.8. The van der Waals surface area contributed by atoms with E-state index < -0.39 is 36.5 Å². The molecule has 0 saturated heterocycles. The first-order valence-electron chi connectivity index (χ1n) is 17.0. The van der Waals surface area contributed by atoms with E-state index in [4.69, 9.17) is 23.2 Å². The van der Waals surface area contributed by atoms with Crippen molar-refractivity contribution in [1.82, 2.24) is 35.5 Å². The molecule has 10 nitrogen and oxygen atoms in total. The van der Waals surface area contributed by atoms with E-state index in [2.05, 4.69) is 34.6 Å². The summed E-state index contributed by atoms with van der Waals surface area (Å²) in [5, 5.41) is 9.36. The topological polar surface area (TPSA) is 137 Å². The van der Waals surface area contributed by atoms with Gasteiger partial charge in [0.1, 0.15) is 11.6 Å². The van der Waals surface area contributed by atoms with Gasteiger partial charge in [-0.2, -0.15) is 26.3 Å². The second kappa shape index (κ2) is 16.0. The van der Waals surface area contributed by atoms with Gasteiger partial charge in [-0.05, 0) is 48.9 Å². The Morgan fingerprint density at radius 2 is 1.18 bits per heavy atom. The fourth-order valence-corrected chi connectivity index (χ4v) is 7.31. The van der Waals surface area contributed by atoms with E-state index in [1.165, 1.54) is 30.1 Å². The van der Waals surface area contributed by atoms with Gasteiger partial charge in [-0.3, -0.25) is 9.59 Å². The van der Waals surface area contributed by atoms with Gasteiger partial charge in [0.05, 0.1) is 17.7 Å². The molecule has 2 aromatic carbocycles. The Kier molecular flexibility index (Phi) is 11.6. The zero-order valence-corrected chi connectivity index (χ0v) is 30.2. The maximum atomic E-state index is 12.6. The Balaban J connectivity index is 0.000000187. The first-order chi connectivity index (χ1) is 26.1. The molecule has 2 aliphatic carbocycles. The number of hydrogen-bond acceptors (Lipinski definition) is 9. The van der Waals surface area contributed by atoms with E-state index in [9.17, 15) is 35.9 Å². The number of carbonyl (C=O) groups excluding carboxylic acids is 2. The molecule has 0 atom stereocenters. The molecule has 0 unspecified atom stereocenters. The smallest absolute Gasteiger partial charge is 0.413 e. The lowest BCUT2D eigenvalue weighted by molar-refractivity contribution is -0.173. The van der Waals surface area contributed by atoms with Crippen LogP contribution >= 0.6 is 23.2 Å². The Morgan fingerprint density at radius 3 is 1.58 bits per heavy atom. The summed E-state index contributed by atoms with van der Waals surface area (Å²) in [6.07, 6.45) is 2.82. The zero-order chi connectivity index (χ0) is 39.4. The molecule has 288 valence electrons. The normalized spacial score (nSPS) is 15.9. The van der Waals surface area contributed by atoms with Gasteiger partial charge in [-0.15, -0.1) is 10.2 Å². The highest BCUT2D eigenvalue weighted by Gasteiger charge is 2.43. The quantitative estimate of drug-likeness (QED) is 0.109. The van der Waals surface area contributed by atoms with Crippen LogP contribution in [-0.2, 0) is 34.6 Å². The molecule has 0 bridgehead atoms. The van der Waals surface area contributed by atoms with E-state index >= 15 is 0 Å². The molecule has 18 heteroatoms. The van der Waals surface area contributed by atoms with Gasteiger partial charge < -0.3 is 9.73 Å². The number of Topliss-reactive ketones (excluding diaryl/α,β-unsaturated/α-hetero) is 1. The molecule has 7 rings (SSSR count). The maximum absolute atomic E-state index is 12.6. The number of nitrogens with zero attached hydrogens (tertiary/aromatic N) is 6. The highest BCUT2D eigenvalue weighted by Crippen LogP contribution is 2.49. The molecular weight excluding hydrogens is 775 g/mol. The zero-order valence-electron chi connectivity index (χ0n) is 28.7. The highest BCUT2D eigenvalue weighted by atomic mass is 35.5. The van der Waals surface area contributed by atoms with Crippen molar-refractivity contribution in [2.75, 3.05) is 6.54 Å². The Hall–Kier alpha value is -4.96. The van der Waals surface area contributed by atoms with Crippen molar-refractivity contribution in [2.45, 2.75) is 74.5 Å². The minimum Gasteiger partial charge on any atom is -0.413 e. The fourth-order valence-electron chi connectivity index (χ4n) is 6.64. The molecular formula is C37H31Cl2F6N7O3. The van der Waals surface area contributed by atoms with E-state index in [1.807, 2.05) is 48.5 Å². The van der Waals surface area contributed by atoms with Crippen molar-refractivity contribution in [1.29, 1.82) is 0 Å². The maximum Gasteiger partial charge on any atom is 0.471 e. The summed E-state index contributed by atoms with van der Waals surface area (Å²) in [5.74, 6) is -3.41. The lowest BCUT2D eigenvalue weighted by atomic mass is 9.62. The van der Waals surface area contributed by atoms with Crippen LogP contribution in [0.3, 0.4) is 0 Å². The molecule has 1 amide bonds. The monoisotopic (exact) mass is 805 g/mol. The minimum atomic E-state index is -5.03. The summed E-state index contributed by atoms with van der Waals surface area (Å²) in [7, 11) is 0. The molecule has 1 N–H and O–H groups in total. The number of halogens is 8. The van der Waals surface area contributed by atoms with Crippen LogP contribution in [-0.4, -0.2) is 54.5 Å². The summed E-state index contributed by atoms with van der Waals surface area (Å²) in [5.41, 5.74) is 2.14. The average Bonchev–Trinajstić information content (AvgIpc) is 3.63. The summed E-state index contributed by atoms with van der Waals surface area (Å²) in [6.45, 7) is -0.773. The molecule has 2 fully saturated rings. The molecule has 3 heterocycles. The van der Waals surface area contributed by atoms with E-state index in [-0.39, 0.29) is 27.8 Å². The lowest BCUT2D eigenvalue weighted by Crippen LogP contribution is -2.39. The van der Waals surface area contributed by atoms with Crippen molar-refractivity contribution in [2.24, 2.45) is 0 Å². The third kappa shape index (κ3) is 9.13. The minimum absolute atomic E-state index is 0.0339. The molecule has 55 heavy (non-hydrogen) atoms. The number of alkyl halides is 6. The van der Waals surface area contributed by atoms with Gasteiger partial charge in [0, 0.05) is 58.5 Å². The Bertz CT molecular complexity index is 2140. The second-order valence-corrected chi connectivity index (χ2v) is 14.2. The number of aromatic nitrogens is 6. The number of benzene rings is 2. The molecule has 5 aromatic rings. The number of hydrogen-bond donors (Lipinski definition) is 1. The van der Waals surface area contributed by atoms with Crippen LogP contribution in [0.2, 0.25) is 10.0 Å². The summed E-state index contributed by atoms with van der Waals surface area (Å²) >= 11 is 12.7. The second-order valence-electron chi connectivity index (χ2n) is 13.4. The fraction of sp³-hybridized carbons (Fsp3) is 0.351. The lowest BCUT2D eigenvalue weighted by Gasteiger charge is -2.42. The molecule has 0 spiro atoms. The number of amides is 1. The molecule has 0 aliphatic heterocycles. The van der Waals surface area contributed by atoms with Gasteiger partial charge in [0.2, 0.25) is 0 Å². The van der Waals surface area contributed by atoms with Crippen LogP contribution in [0.4, 0.5) is 26.3 Å². The van der Waals surface area contributed by atoms with E-state index in [1.54, 1.807) is 0 Å². The van der Waals surface area contributed by atoms with Crippen molar-refractivity contribution in [3.05, 3.63) is 118 Å². The molecule has 0 radical (unpaired) electrons. The van der Waals surface area contributed by atoms with Gasteiger partial charge >= 0.3 is 24.2 Å². The Labute approximate surface area is 320 Å². The standard InChI is InChI=1S/C19H17ClF3N3O2.C18H14ClF3N4O/c20-14-5-2-1-4-13(14)18(6-3-7-18)8-16-24-9-12(10-25-16)15(27)11-26-17(28)19(21,22)23;19-13-5-2-1-4-12(13)17(6-3-7-17)8-14-23-9-11(10-24-14)15-25-26-16(27-15)18(20,21)22/h1-2,4-5,9-10H,3,6-8,11H2,(H,26,28);1-2,4-5,9-10H,3,6-8H2. The molecule has 3 aromatic heterocycles. The third-order valence-electron chi connectivity index (χ3n) is 9.82. The number of ketones is 1. The van der Waals surface area contributed by atoms with Crippen LogP contribution in [0, 0.1) is 0 Å². The van der Waals surface area contributed by atoms with Crippen molar-refractivity contribution in [3.63, 3.8) is 0 Å². The SMILES string of the molecule is FC(F)(F)c1nnc(-c2cnc(CC3(c4ccccc4Cl)CCC3)nc2)o1.O=C(CNC(=O)C(F)(F)F)c1cnc(CC2(c3ccccc3Cl)CCC2)nc1. The van der Waals surface area contributed by atoms with Gasteiger partial charge in [-0.1, -0.05) is 72.4 Å². The van der Waals surface area contributed by atoms with E-state index in [0.29, 0.717) is 29.5 Å². The predicted molar refractivity (Wildman–Crippen MR) is 187 cm³/mol. The van der Waals surface area contributed by atoms with Crippen LogP contribution in [0.25, 0.3) is 11.5 Å². The molecule has 2 saturated carbocycles. The predicted octanol–water partition coefficient (Wildman–Crippen LogP) is 8.52. The van der Waals surface area contributed by atoms with Gasteiger partial charge in [-0.25, -0.2) is 19.9 Å².